The van der Waals surface area contributed by atoms with E-state index in [2.05, 4.69) is 17.2 Å². The van der Waals surface area contributed by atoms with E-state index >= 15 is 0 Å². The number of carbonyl (C=O) groups excluding carboxylic acids is 1. The maximum Gasteiger partial charge on any atom is 0.234 e. The van der Waals surface area contributed by atoms with Crippen molar-refractivity contribution in [1.82, 2.24) is 10.6 Å². The maximum absolute atomic E-state index is 11.3. The lowest BCUT2D eigenvalue weighted by molar-refractivity contribution is -0.121. The van der Waals surface area contributed by atoms with Crippen LogP contribution in [0.5, 0.6) is 0 Å². The Hall–Kier alpha value is -0.870. The first kappa shape index (κ1) is 13.1. The van der Waals surface area contributed by atoms with Crippen LogP contribution in [0.2, 0.25) is 0 Å². The summed E-state index contributed by atoms with van der Waals surface area (Å²) in [5, 5.41) is 14.6. The Bertz CT molecular complexity index is 181. The zero-order valence-corrected chi connectivity index (χ0v) is 8.92. The van der Waals surface area contributed by atoms with E-state index < -0.39 is 0 Å². The van der Waals surface area contributed by atoms with E-state index in [0.717, 1.165) is 0 Å². The van der Waals surface area contributed by atoms with Crippen LogP contribution in [-0.4, -0.2) is 36.8 Å². The first-order valence-electron chi connectivity index (χ1n) is 4.83. The second-order valence-electron chi connectivity index (χ2n) is 3.52. The van der Waals surface area contributed by atoms with Gasteiger partial charge in [-0.05, 0) is 5.92 Å². The summed E-state index contributed by atoms with van der Waals surface area (Å²) >= 11 is 0. The molecule has 4 nitrogen and oxygen atoms in total. The Morgan fingerprint density at radius 2 is 2.21 bits per heavy atom. The molecule has 1 amide bonds. The fourth-order valence-electron chi connectivity index (χ4n) is 0.969. The Balaban J connectivity index is 3.73. The Kier molecular flexibility index (Phi) is 7.06. The van der Waals surface area contributed by atoms with Crippen LogP contribution >= 0.6 is 0 Å². The molecule has 0 saturated heterocycles. The summed E-state index contributed by atoms with van der Waals surface area (Å²) in [6.07, 6.45) is 1.69. The smallest absolute Gasteiger partial charge is 0.234 e. The molecular weight excluding hydrogens is 180 g/mol. The average Bonchev–Trinajstić information content (AvgIpc) is 2.14. The summed E-state index contributed by atoms with van der Waals surface area (Å²) in [6.45, 7) is 8.29. The molecule has 0 aromatic carbocycles. The van der Waals surface area contributed by atoms with Gasteiger partial charge in [0.2, 0.25) is 5.91 Å². The summed E-state index contributed by atoms with van der Waals surface area (Å²) < 4.78 is 0. The Morgan fingerprint density at radius 3 is 2.64 bits per heavy atom. The van der Waals surface area contributed by atoms with Crippen molar-refractivity contribution in [2.75, 3.05) is 19.7 Å². The highest BCUT2D eigenvalue weighted by atomic mass is 16.3. The zero-order valence-electron chi connectivity index (χ0n) is 8.92. The first-order chi connectivity index (χ1) is 6.61. The third-order valence-electron chi connectivity index (χ3n) is 1.92. The second-order valence-corrected chi connectivity index (χ2v) is 3.52. The minimum absolute atomic E-state index is 0.0230. The molecule has 1 atom stereocenters. The highest BCUT2D eigenvalue weighted by Gasteiger charge is 2.13. The molecule has 0 aromatic heterocycles. The molecule has 4 heteroatoms. The van der Waals surface area contributed by atoms with Crippen LogP contribution in [0.25, 0.3) is 0 Å². The molecule has 0 aliphatic rings. The number of rotatable bonds is 7. The largest absolute Gasteiger partial charge is 0.394 e. The summed E-state index contributed by atoms with van der Waals surface area (Å²) in [7, 11) is 0. The predicted molar refractivity (Wildman–Crippen MR) is 56.9 cm³/mol. The minimum atomic E-state index is -0.159. The van der Waals surface area contributed by atoms with E-state index in [4.69, 9.17) is 5.11 Å². The van der Waals surface area contributed by atoms with Crippen molar-refractivity contribution in [2.45, 2.75) is 19.9 Å². The van der Waals surface area contributed by atoms with E-state index in [1.807, 2.05) is 13.8 Å². The lowest BCUT2D eigenvalue weighted by Crippen LogP contribution is -2.44. The second kappa shape index (κ2) is 7.53. The molecule has 0 saturated carbocycles. The van der Waals surface area contributed by atoms with Crippen molar-refractivity contribution < 1.29 is 9.90 Å². The lowest BCUT2D eigenvalue weighted by atomic mass is 10.1. The van der Waals surface area contributed by atoms with Crippen molar-refractivity contribution in [2.24, 2.45) is 5.92 Å². The van der Waals surface area contributed by atoms with Crippen LogP contribution in [0.4, 0.5) is 0 Å². The molecule has 0 rings (SSSR count). The van der Waals surface area contributed by atoms with Gasteiger partial charge >= 0.3 is 0 Å². The van der Waals surface area contributed by atoms with Crippen molar-refractivity contribution >= 4 is 5.91 Å². The summed E-state index contributed by atoms with van der Waals surface area (Å²) in [4.78, 5) is 11.3. The number of hydrogen-bond donors (Lipinski definition) is 3. The molecule has 0 fully saturated rings. The van der Waals surface area contributed by atoms with Crippen LogP contribution < -0.4 is 10.6 Å². The normalized spacial score (nSPS) is 12.6. The third kappa shape index (κ3) is 5.72. The molecule has 0 heterocycles. The Morgan fingerprint density at radius 1 is 1.57 bits per heavy atom. The van der Waals surface area contributed by atoms with E-state index in [1.165, 1.54) is 0 Å². The van der Waals surface area contributed by atoms with E-state index in [-0.39, 0.29) is 31.0 Å². The van der Waals surface area contributed by atoms with Gasteiger partial charge in [-0.15, -0.1) is 6.58 Å². The SMILES string of the molecule is C=CCNCC(=O)NC(CO)C(C)C. The molecular formula is C10H20N2O2. The molecule has 14 heavy (non-hydrogen) atoms. The van der Waals surface area contributed by atoms with Gasteiger partial charge in [-0.25, -0.2) is 0 Å². The van der Waals surface area contributed by atoms with E-state index in [0.29, 0.717) is 6.54 Å². The summed E-state index contributed by atoms with van der Waals surface area (Å²) in [5.41, 5.74) is 0. The van der Waals surface area contributed by atoms with E-state index in [1.54, 1.807) is 6.08 Å². The third-order valence-corrected chi connectivity index (χ3v) is 1.92. The number of nitrogens with one attached hydrogen (secondary N) is 2. The molecule has 0 bridgehead atoms. The standard InChI is InChI=1S/C10H20N2O2/c1-4-5-11-6-10(14)12-9(7-13)8(2)3/h4,8-9,11,13H,1,5-7H2,2-3H3,(H,12,14). The summed E-state index contributed by atoms with van der Waals surface area (Å²) in [5.74, 6) is 0.142. The molecule has 0 aromatic rings. The number of hydrogen-bond acceptors (Lipinski definition) is 3. The molecule has 0 aliphatic heterocycles. The summed E-state index contributed by atoms with van der Waals surface area (Å²) in [6, 6.07) is -0.159. The van der Waals surface area contributed by atoms with Gasteiger partial charge in [0.1, 0.15) is 0 Å². The van der Waals surface area contributed by atoms with E-state index in [9.17, 15) is 4.79 Å². The van der Waals surface area contributed by atoms with Crippen LogP contribution in [0.15, 0.2) is 12.7 Å². The molecule has 82 valence electrons. The van der Waals surface area contributed by atoms with Gasteiger partial charge in [0.25, 0.3) is 0 Å². The predicted octanol–water partition coefficient (Wildman–Crippen LogP) is -0.105. The highest BCUT2D eigenvalue weighted by molar-refractivity contribution is 5.78. The van der Waals surface area contributed by atoms with Crippen LogP contribution in [-0.2, 0) is 4.79 Å². The number of carbonyl (C=O) groups is 1. The van der Waals surface area contributed by atoms with Crippen LogP contribution in [0, 0.1) is 5.92 Å². The van der Waals surface area contributed by atoms with Crippen LogP contribution in [0.3, 0.4) is 0 Å². The van der Waals surface area contributed by atoms with Gasteiger partial charge in [-0.2, -0.15) is 0 Å². The zero-order chi connectivity index (χ0) is 11.0. The van der Waals surface area contributed by atoms with Gasteiger partial charge in [0.15, 0.2) is 0 Å². The number of aliphatic hydroxyl groups excluding tert-OH is 1. The fraction of sp³-hybridized carbons (Fsp3) is 0.700. The minimum Gasteiger partial charge on any atom is -0.394 e. The van der Waals surface area contributed by atoms with Gasteiger partial charge in [-0.1, -0.05) is 19.9 Å². The maximum atomic E-state index is 11.3. The van der Waals surface area contributed by atoms with Crippen molar-refractivity contribution in [3.63, 3.8) is 0 Å². The van der Waals surface area contributed by atoms with Gasteiger partial charge < -0.3 is 15.7 Å². The number of aliphatic hydroxyl groups is 1. The van der Waals surface area contributed by atoms with Crippen molar-refractivity contribution in [3.8, 4) is 0 Å². The van der Waals surface area contributed by atoms with Crippen molar-refractivity contribution in [1.29, 1.82) is 0 Å². The van der Waals surface area contributed by atoms with Crippen molar-refractivity contribution in [3.05, 3.63) is 12.7 Å². The molecule has 0 aliphatic carbocycles. The fourth-order valence-corrected chi connectivity index (χ4v) is 0.969. The van der Waals surface area contributed by atoms with Crippen LogP contribution in [0.1, 0.15) is 13.8 Å². The first-order valence-corrected chi connectivity index (χ1v) is 4.83. The molecule has 3 N–H and O–H groups in total. The lowest BCUT2D eigenvalue weighted by Gasteiger charge is -2.19. The topological polar surface area (TPSA) is 61.4 Å². The monoisotopic (exact) mass is 200 g/mol. The highest BCUT2D eigenvalue weighted by Crippen LogP contribution is 1.99. The quantitative estimate of drug-likeness (QED) is 0.397. The Labute approximate surface area is 85.4 Å². The average molecular weight is 200 g/mol. The molecule has 0 radical (unpaired) electrons. The van der Waals surface area contributed by atoms with Gasteiger partial charge in [-0.3, -0.25) is 4.79 Å². The number of amides is 1. The molecule has 0 spiro atoms. The van der Waals surface area contributed by atoms with Gasteiger partial charge in [0.05, 0.1) is 19.2 Å². The molecule has 1 unspecified atom stereocenters. The van der Waals surface area contributed by atoms with Gasteiger partial charge in [0, 0.05) is 6.54 Å².